The molecule has 0 unspecified atom stereocenters. The Kier molecular flexibility index (Phi) is 4.12. The predicted molar refractivity (Wildman–Crippen MR) is 97.7 cm³/mol. The van der Waals surface area contributed by atoms with Gasteiger partial charge in [0.1, 0.15) is 23.1 Å². The van der Waals surface area contributed by atoms with Crippen LogP contribution >= 0.6 is 0 Å². The molecule has 134 valence electrons. The summed E-state index contributed by atoms with van der Waals surface area (Å²) in [5, 5.41) is 4.22. The van der Waals surface area contributed by atoms with Crippen LogP contribution in [0.2, 0.25) is 0 Å². The van der Waals surface area contributed by atoms with Crippen molar-refractivity contribution in [3.63, 3.8) is 0 Å². The van der Waals surface area contributed by atoms with Crippen LogP contribution < -0.4 is 4.90 Å². The maximum atomic E-state index is 14.0. The van der Waals surface area contributed by atoms with Gasteiger partial charge in [0.25, 0.3) is 0 Å². The summed E-state index contributed by atoms with van der Waals surface area (Å²) in [5.41, 5.74) is 3.25. The highest BCUT2D eigenvalue weighted by molar-refractivity contribution is 5.87. The molecule has 27 heavy (non-hydrogen) atoms. The lowest BCUT2D eigenvalue weighted by molar-refractivity contribution is -0.106. The molecule has 0 atom stereocenters. The largest absolute Gasteiger partial charge is 0.278 e. The van der Waals surface area contributed by atoms with Gasteiger partial charge < -0.3 is 0 Å². The molecule has 0 fully saturated rings. The SMILES string of the molecule is Cc1ccn2nccc2c1-c1ccc(N(C=O)c2c(F)cccc2F)nc1. The first-order valence-corrected chi connectivity index (χ1v) is 8.18. The van der Waals surface area contributed by atoms with E-state index < -0.39 is 17.3 Å². The van der Waals surface area contributed by atoms with Crippen molar-refractivity contribution in [2.45, 2.75) is 6.92 Å². The fourth-order valence-corrected chi connectivity index (χ4v) is 3.09. The molecule has 0 saturated heterocycles. The van der Waals surface area contributed by atoms with E-state index in [4.69, 9.17) is 0 Å². The van der Waals surface area contributed by atoms with E-state index in [0.29, 0.717) is 6.41 Å². The lowest BCUT2D eigenvalue weighted by Crippen LogP contribution is -2.18. The summed E-state index contributed by atoms with van der Waals surface area (Å²) >= 11 is 0. The molecule has 0 aliphatic carbocycles. The average molecular weight is 364 g/mol. The van der Waals surface area contributed by atoms with Crippen LogP contribution in [0.1, 0.15) is 5.56 Å². The van der Waals surface area contributed by atoms with Crippen molar-refractivity contribution in [2.75, 3.05) is 4.90 Å². The van der Waals surface area contributed by atoms with Crippen molar-refractivity contribution in [3.8, 4) is 11.1 Å². The number of fused-ring (bicyclic) bond motifs is 1. The van der Waals surface area contributed by atoms with Crippen molar-refractivity contribution in [1.29, 1.82) is 0 Å². The number of hydrogen-bond acceptors (Lipinski definition) is 3. The molecule has 4 rings (SSSR count). The lowest BCUT2D eigenvalue weighted by Gasteiger charge is -2.18. The molecule has 3 heterocycles. The van der Waals surface area contributed by atoms with Gasteiger partial charge in [-0.05, 0) is 48.9 Å². The smallest absolute Gasteiger partial charge is 0.220 e. The highest BCUT2D eigenvalue weighted by Crippen LogP contribution is 2.31. The number of halogens is 2. The number of anilines is 2. The first-order chi connectivity index (χ1) is 13.1. The van der Waals surface area contributed by atoms with Crippen molar-refractivity contribution in [2.24, 2.45) is 0 Å². The van der Waals surface area contributed by atoms with E-state index in [1.54, 1.807) is 29.0 Å². The summed E-state index contributed by atoms with van der Waals surface area (Å²) in [5.74, 6) is -1.56. The van der Waals surface area contributed by atoms with Crippen molar-refractivity contribution in [1.82, 2.24) is 14.6 Å². The van der Waals surface area contributed by atoms with E-state index in [1.807, 2.05) is 25.3 Å². The first-order valence-electron chi connectivity index (χ1n) is 8.18. The molecule has 1 aromatic carbocycles. The van der Waals surface area contributed by atoms with Crippen LogP contribution in [-0.4, -0.2) is 21.0 Å². The van der Waals surface area contributed by atoms with Crippen molar-refractivity contribution >= 4 is 23.4 Å². The van der Waals surface area contributed by atoms with Gasteiger partial charge in [0.15, 0.2) is 0 Å². The summed E-state index contributed by atoms with van der Waals surface area (Å²) in [6.07, 6.45) is 5.48. The summed E-state index contributed by atoms with van der Waals surface area (Å²) in [6.45, 7) is 1.97. The summed E-state index contributed by atoms with van der Waals surface area (Å²) in [6, 6.07) is 10.6. The minimum absolute atomic E-state index is 0.121. The van der Waals surface area contributed by atoms with Gasteiger partial charge in [-0.3, -0.25) is 9.69 Å². The molecule has 7 heteroatoms. The van der Waals surface area contributed by atoms with E-state index in [1.165, 1.54) is 6.07 Å². The molecule has 4 aromatic rings. The van der Waals surface area contributed by atoms with Gasteiger partial charge in [-0.1, -0.05) is 6.07 Å². The zero-order chi connectivity index (χ0) is 19.0. The Balaban J connectivity index is 1.79. The standard InChI is InChI=1S/C20H14F2N4O/c1-13-8-10-26-17(7-9-24-26)19(13)14-5-6-18(23-11-14)25(12-27)20-15(21)3-2-4-16(20)22/h2-12H,1H3. The molecule has 1 amide bonds. The number of nitrogens with zero attached hydrogens (tertiary/aromatic N) is 4. The van der Waals surface area contributed by atoms with E-state index in [0.717, 1.165) is 39.2 Å². The van der Waals surface area contributed by atoms with Gasteiger partial charge in [0.05, 0.1) is 5.52 Å². The number of amides is 1. The van der Waals surface area contributed by atoms with Crippen LogP contribution in [0.25, 0.3) is 16.6 Å². The lowest BCUT2D eigenvalue weighted by atomic mass is 10.0. The number of carbonyl (C=O) groups excluding carboxylic acids is 1. The number of aromatic nitrogens is 3. The number of pyridine rings is 2. The third-order valence-corrected chi connectivity index (χ3v) is 4.35. The Morgan fingerprint density at radius 3 is 2.52 bits per heavy atom. The Hall–Kier alpha value is -3.61. The number of rotatable bonds is 4. The molecule has 0 aliphatic heterocycles. The van der Waals surface area contributed by atoms with Gasteiger partial charge in [0, 0.05) is 29.7 Å². The highest BCUT2D eigenvalue weighted by Gasteiger charge is 2.19. The molecule has 3 aromatic heterocycles. The topological polar surface area (TPSA) is 50.5 Å². The molecular weight excluding hydrogens is 350 g/mol. The maximum Gasteiger partial charge on any atom is 0.220 e. The second-order valence-corrected chi connectivity index (χ2v) is 5.99. The fraction of sp³-hybridized carbons (Fsp3) is 0.0500. The number of benzene rings is 1. The van der Waals surface area contributed by atoms with E-state index >= 15 is 0 Å². The second-order valence-electron chi connectivity index (χ2n) is 5.99. The average Bonchev–Trinajstić information content (AvgIpc) is 3.14. The monoisotopic (exact) mass is 364 g/mol. The van der Waals surface area contributed by atoms with Gasteiger partial charge in [0.2, 0.25) is 6.41 Å². The quantitative estimate of drug-likeness (QED) is 0.508. The Labute approximate surface area is 153 Å². The molecule has 5 nitrogen and oxygen atoms in total. The Morgan fingerprint density at radius 2 is 1.85 bits per heavy atom. The first kappa shape index (κ1) is 16.8. The Bertz CT molecular complexity index is 1120. The van der Waals surface area contributed by atoms with Crippen LogP contribution in [0.3, 0.4) is 0 Å². The van der Waals surface area contributed by atoms with Crippen LogP contribution in [-0.2, 0) is 4.79 Å². The number of carbonyl (C=O) groups is 1. The maximum absolute atomic E-state index is 14.0. The molecular formula is C20H14F2N4O. The van der Waals surface area contributed by atoms with Crippen LogP contribution in [0.4, 0.5) is 20.3 Å². The molecule has 0 radical (unpaired) electrons. The number of aryl methyl sites for hydroxylation is 1. The van der Waals surface area contributed by atoms with Crippen molar-refractivity contribution < 1.29 is 13.6 Å². The van der Waals surface area contributed by atoms with E-state index in [2.05, 4.69) is 10.1 Å². The van der Waals surface area contributed by atoms with Crippen molar-refractivity contribution in [3.05, 3.63) is 78.3 Å². The predicted octanol–water partition coefficient (Wildman–Crippen LogP) is 4.28. The van der Waals surface area contributed by atoms with E-state index in [9.17, 15) is 13.6 Å². The molecule has 0 saturated carbocycles. The number of para-hydroxylation sites is 1. The zero-order valence-corrected chi connectivity index (χ0v) is 14.3. The fourth-order valence-electron chi connectivity index (χ4n) is 3.09. The molecule has 0 N–H and O–H groups in total. The minimum atomic E-state index is -0.840. The molecule has 0 aliphatic rings. The van der Waals surface area contributed by atoms with Gasteiger partial charge in [-0.2, -0.15) is 5.10 Å². The highest BCUT2D eigenvalue weighted by atomic mass is 19.1. The third kappa shape index (κ3) is 2.83. The summed E-state index contributed by atoms with van der Waals surface area (Å²) in [4.78, 5) is 16.6. The zero-order valence-electron chi connectivity index (χ0n) is 14.3. The third-order valence-electron chi connectivity index (χ3n) is 4.35. The summed E-state index contributed by atoms with van der Waals surface area (Å²) < 4.78 is 29.8. The second kappa shape index (κ2) is 6.60. The molecule has 0 spiro atoms. The minimum Gasteiger partial charge on any atom is -0.278 e. The molecule has 0 bridgehead atoms. The van der Waals surface area contributed by atoms with Gasteiger partial charge in [-0.25, -0.2) is 18.3 Å². The van der Waals surface area contributed by atoms with E-state index in [-0.39, 0.29) is 5.82 Å². The normalized spacial score (nSPS) is 10.9. The Morgan fingerprint density at radius 1 is 1.07 bits per heavy atom. The number of hydrogen-bond donors (Lipinski definition) is 0. The van der Waals surface area contributed by atoms with Gasteiger partial charge >= 0.3 is 0 Å². The van der Waals surface area contributed by atoms with Crippen LogP contribution in [0.15, 0.2) is 61.1 Å². The van der Waals surface area contributed by atoms with Crippen LogP contribution in [0, 0.1) is 18.6 Å². The van der Waals surface area contributed by atoms with Crippen LogP contribution in [0.5, 0.6) is 0 Å². The summed E-state index contributed by atoms with van der Waals surface area (Å²) in [7, 11) is 0. The van der Waals surface area contributed by atoms with Gasteiger partial charge in [-0.15, -0.1) is 0 Å².